The third-order valence-electron chi connectivity index (χ3n) is 4.38. The van der Waals surface area contributed by atoms with Gasteiger partial charge in [0.25, 0.3) is 10.0 Å². The molecule has 0 amide bonds. The summed E-state index contributed by atoms with van der Waals surface area (Å²) in [6.07, 6.45) is -1.07. The number of hydrogen-bond acceptors (Lipinski definition) is 9. The Labute approximate surface area is 204 Å². The highest BCUT2D eigenvalue weighted by molar-refractivity contribution is 7.92. The van der Waals surface area contributed by atoms with Gasteiger partial charge in [-0.15, -0.1) is 11.3 Å². The summed E-state index contributed by atoms with van der Waals surface area (Å²) < 4.78 is 70.0. The predicted molar refractivity (Wildman–Crippen MR) is 123 cm³/mol. The van der Waals surface area contributed by atoms with Crippen molar-refractivity contribution < 1.29 is 47.7 Å². The number of fused-ring (bicyclic) bond motifs is 1. The van der Waals surface area contributed by atoms with Crippen molar-refractivity contribution in [3.8, 4) is 23.3 Å². The molecule has 35 heavy (non-hydrogen) atoms. The summed E-state index contributed by atoms with van der Waals surface area (Å²) in [6, 6.07) is 9.14. The van der Waals surface area contributed by atoms with Crippen molar-refractivity contribution >= 4 is 39.0 Å². The molecule has 2 aromatic carbocycles. The molecule has 1 heterocycles. The van der Waals surface area contributed by atoms with E-state index in [9.17, 15) is 22.3 Å². The Hall–Kier alpha value is -2.76. The quantitative estimate of drug-likeness (QED) is 0.265. The number of nitrogens with zero attached hydrogens (tertiary/aromatic N) is 1. The second kappa shape index (κ2) is 11.3. The van der Waals surface area contributed by atoms with Crippen LogP contribution in [0.15, 0.2) is 40.6 Å². The lowest BCUT2D eigenvalue weighted by atomic mass is 10.2. The van der Waals surface area contributed by atoms with E-state index in [1.54, 1.807) is 18.2 Å². The van der Waals surface area contributed by atoms with Crippen LogP contribution in [0.3, 0.4) is 0 Å². The minimum absolute atomic E-state index is 0.130. The Morgan fingerprint density at radius 2 is 1.77 bits per heavy atom. The van der Waals surface area contributed by atoms with E-state index in [4.69, 9.17) is 19.3 Å². The van der Waals surface area contributed by atoms with E-state index in [0.29, 0.717) is 47.9 Å². The number of sulfonamides is 1. The topological polar surface area (TPSA) is 193 Å². The second-order valence-corrected chi connectivity index (χ2v) is 11.9. The molecule has 0 bridgehead atoms. The molecule has 1 aromatic heterocycles. The van der Waals surface area contributed by atoms with Crippen molar-refractivity contribution in [2.24, 2.45) is 0 Å². The highest BCUT2D eigenvalue weighted by Gasteiger charge is 2.22. The molecule has 0 aliphatic rings. The Balaban J connectivity index is 1.78. The van der Waals surface area contributed by atoms with Crippen molar-refractivity contribution in [3.63, 3.8) is 0 Å². The average Bonchev–Trinajstić information content (AvgIpc) is 3.23. The van der Waals surface area contributed by atoms with E-state index in [1.807, 2.05) is 4.72 Å². The summed E-state index contributed by atoms with van der Waals surface area (Å²) >= 11 is 0.918. The van der Waals surface area contributed by atoms with Gasteiger partial charge in [-0.1, -0.05) is 0 Å². The van der Waals surface area contributed by atoms with Gasteiger partial charge < -0.3 is 30.4 Å². The number of nitriles is 1. The zero-order chi connectivity index (χ0) is 25.6. The normalized spacial score (nSPS) is 13.2. The van der Waals surface area contributed by atoms with E-state index in [1.165, 1.54) is 6.07 Å². The minimum Gasteiger partial charge on any atom is -0.768 e. The van der Waals surface area contributed by atoms with Crippen LogP contribution in [-0.4, -0.2) is 41.0 Å². The molecule has 0 saturated carbocycles. The molecule has 0 spiro atoms. The highest BCUT2D eigenvalue weighted by Crippen LogP contribution is 2.40. The largest absolute Gasteiger partial charge is 0.768 e. The molecule has 15 heteroatoms. The van der Waals surface area contributed by atoms with Gasteiger partial charge in [-0.25, -0.2) is 17.5 Å². The monoisotopic (exact) mass is 545 g/mol. The molecular formula is C20H23FN4O7PS2+. The van der Waals surface area contributed by atoms with Crippen LogP contribution in [0.25, 0.3) is 10.1 Å². The van der Waals surface area contributed by atoms with Crippen LogP contribution in [-0.2, 0) is 14.6 Å². The first-order valence-electron chi connectivity index (χ1n) is 10.2. The van der Waals surface area contributed by atoms with Gasteiger partial charge in [0.05, 0.1) is 11.8 Å². The van der Waals surface area contributed by atoms with E-state index >= 15 is 0 Å². The Morgan fingerprint density at radius 3 is 2.37 bits per heavy atom. The Bertz CT molecular complexity index is 1360. The molecule has 0 saturated heterocycles. The maximum absolute atomic E-state index is 13.7. The minimum atomic E-state index is -4.79. The van der Waals surface area contributed by atoms with E-state index < -0.39 is 29.7 Å². The summed E-state index contributed by atoms with van der Waals surface area (Å²) in [6.45, 7) is 1.72. The van der Waals surface area contributed by atoms with Gasteiger partial charge in [-0.3, -0.25) is 4.57 Å². The zero-order valence-electron chi connectivity index (χ0n) is 18.4. The second-order valence-electron chi connectivity index (χ2n) is 7.07. The summed E-state index contributed by atoms with van der Waals surface area (Å²) in [5.41, 5.74) is 7.15. The fourth-order valence-electron chi connectivity index (χ4n) is 2.82. The molecule has 0 fully saturated rings. The maximum Gasteiger partial charge on any atom is 0.250 e. The third kappa shape index (κ3) is 6.89. The zero-order valence-corrected chi connectivity index (χ0v) is 20.9. The Kier molecular flexibility index (Phi) is 8.68. The molecule has 0 aliphatic heterocycles. The summed E-state index contributed by atoms with van der Waals surface area (Å²) in [7, 11) is -9.02. The highest BCUT2D eigenvalue weighted by atomic mass is 32.2. The van der Waals surface area contributed by atoms with Crippen LogP contribution in [0.4, 0.5) is 4.39 Å². The summed E-state index contributed by atoms with van der Waals surface area (Å²) in [5, 5.41) is 9.30. The van der Waals surface area contributed by atoms with Gasteiger partial charge in [0, 0.05) is 16.8 Å². The molecule has 3 aromatic rings. The number of ether oxygens (including phenoxy) is 2. The van der Waals surface area contributed by atoms with Crippen LogP contribution < -0.4 is 35.1 Å². The van der Waals surface area contributed by atoms with Crippen LogP contribution in [0.2, 0.25) is 0 Å². The SMILES string of the molecule is N#Cc1ccc(OP(=O)([O-])CNS(=O)(=O)c2cc3cc(OCC[NH3+])c(OCC[NH3+])cc3s2)cc1F. The standard InChI is InChI=1S/C20H22FN4O7PS2/c21-16-9-15(2-1-13(16)11-24)32-33(26,27)12-25-35(28,29)20-8-14-7-17(30-5-3-22)18(31-6-4-23)10-19(14)34-20/h1-2,7-10,25H,3-6,12,22-23H2,(H,26,27)/p+1. The first kappa shape index (κ1) is 26.8. The fourth-order valence-corrected chi connectivity index (χ4v) is 6.74. The lowest BCUT2D eigenvalue weighted by Crippen LogP contribution is -2.53. The molecule has 3 rings (SSSR count). The van der Waals surface area contributed by atoms with Crippen molar-refractivity contribution in [2.45, 2.75) is 4.21 Å². The number of thiophene rings is 1. The van der Waals surface area contributed by atoms with Crippen molar-refractivity contribution in [3.05, 3.63) is 47.8 Å². The molecule has 188 valence electrons. The molecule has 11 nitrogen and oxygen atoms in total. The van der Waals surface area contributed by atoms with Crippen LogP contribution in [0.1, 0.15) is 5.56 Å². The van der Waals surface area contributed by atoms with Crippen LogP contribution in [0.5, 0.6) is 17.2 Å². The number of benzene rings is 2. The molecule has 0 aliphatic carbocycles. The van der Waals surface area contributed by atoms with Crippen molar-refractivity contribution in [1.82, 2.24) is 4.72 Å². The lowest BCUT2D eigenvalue weighted by Gasteiger charge is -2.24. The fraction of sp³-hybridized carbons (Fsp3) is 0.250. The number of nitrogens with one attached hydrogen (secondary N) is 1. The van der Waals surface area contributed by atoms with Gasteiger partial charge in [-0.05, 0) is 29.7 Å². The Morgan fingerprint density at radius 1 is 1.11 bits per heavy atom. The average molecular weight is 546 g/mol. The number of quaternary nitrogens is 2. The number of rotatable bonds is 12. The number of halogens is 1. The third-order valence-corrected chi connectivity index (χ3v) is 8.60. The van der Waals surface area contributed by atoms with Crippen LogP contribution in [0, 0.1) is 17.1 Å². The van der Waals surface area contributed by atoms with Crippen molar-refractivity contribution in [1.29, 1.82) is 5.26 Å². The molecule has 1 atom stereocenters. The van der Waals surface area contributed by atoms with Gasteiger partial charge >= 0.3 is 0 Å². The van der Waals surface area contributed by atoms with E-state index in [-0.39, 0.29) is 15.5 Å². The first-order valence-corrected chi connectivity index (χ1v) is 14.2. The van der Waals surface area contributed by atoms with Gasteiger partial charge in [-0.2, -0.15) is 5.26 Å². The maximum atomic E-state index is 13.7. The lowest BCUT2D eigenvalue weighted by molar-refractivity contribution is -0.372. The van der Waals surface area contributed by atoms with Gasteiger partial charge in [0.2, 0.25) is 0 Å². The summed E-state index contributed by atoms with van der Waals surface area (Å²) in [5.74, 6) is -0.490. The van der Waals surface area contributed by atoms with Gasteiger partial charge in [0.1, 0.15) is 48.1 Å². The molecule has 1 unspecified atom stereocenters. The van der Waals surface area contributed by atoms with Gasteiger partial charge in [0.15, 0.2) is 19.1 Å². The first-order chi connectivity index (χ1) is 16.6. The molecular weight excluding hydrogens is 522 g/mol. The molecule has 7 N–H and O–H groups in total. The smallest absolute Gasteiger partial charge is 0.250 e. The van der Waals surface area contributed by atoms with E-state index in [2.05, 4.69) is 11.5 Å². The number of hydrogen-bond donors (Lipinski definition) is 3. The summed E-state index contributed by atoms with van der Waals surface area (Å²) in [4.78, 5) is 12.3. The van der Waals surface area contributed by atoms with Crippen LogP contribution >= 0.6 is 18.9 Å². The van der Waals surface area contributed by atoms with Crippen molar-refractivity contribution in [2.75, 3.05) is 32.6 Å². The molecule has 0 radical (unpaired) electrons. The predicted octanol–water partition coefficient (Wildman–Crippen LogP) is 0.0217. The van der Waals surface area contributed by atoms with E-state index in [0.717, 1.165) is 29.5 Å².